The van der Waals surface area contributed by atoms with E-state index >= 15 is 0 Å². The highest BCUT2D eigenvalue weighted by molar-refractivity contribution is 6.16. The quantitative estimate of drug-likeness (QED) is 0.303. The van der Waals surface area contributed by atoms with Crippen LogP contribution in [0.15, 0.2) is 60.9 Å². The Morgan fingerprint density at radius 1 is 1.10 bits per heavy atom. The van der Waals surface area contributed by atoms with Gasteiger partial charge in [-0.2, -0.15) is 5.10 Å². The van der Waals surface area contributed by atoms with Crippen molar-refractivity contribution in [3.05, 3.63) is 88.9 Å². The normalized spacial score (nSPS) is 15.0. The van der Waals surface area contributed by atoms with Crippen LogP contribution < -0.4 is 10.2 Å². The van der Waals surface area contributed by atoms with Gasteiger partial charge in [0.05, 0.1) is 42.2 Å². The van der Waals surface area contributed by atoms with Gasteiger partial charge in [0.1, 0.15) is 0 Å². The number of amides is 1. The number of carbonyl (C=O) groups excluding carboxylic acids is 1. The standard InChI is InChI=1S/C31H29N7O2/c1-18-15-33-31(34-26-14-19(2)37(3)36-26)35-28(18)24-16-32-29-23(24)8-5-9-25(29)38-17-21-6-4-7-22(27(21)30(38)39)20-10-12-40-13-11-20/h4-10,14-16,32H,11-13,17H2,1-3H3,(H,33,34,35,36). The van der Waals surface area contributed by atoms with E-state index in [1.165, 1.54) is 5.57 Å². The van der Waals surface area contributed by atoms with E-state index in [4.69, 9.17) is 9.72 Å². The van der Waals surface area contributed by atoms with Gasteiger partial charge >= 0.3 is 0 Å². The SMILES string of the molecule is Cc1cnc(Nc2cc(C)n(C)n2)nc1-c1c[nH]c2c(N3Cc4cccc(C5=CCOCC5)c4C3=O)cccc12. The number of H-pyrrole nitrogens is 1. The van der Waals surface area contributed by atoms with Crippen LogP contribution >= 0.6 is 0 Å². The second-order valence-electron chi connectivity index (χ2n) is 10.3. The molecule has 200 valence electrons. The van der Waals surface area contributed by atoms with E-state index in [1.54, 1.807) is 4.68 Å². The zero-order valence-electron chi connectivity index (χ0n) is 22.7. The van der Waals surface area contributed by atoms with Crippen molar-refractivity contribution in [1.82, 2.24) is 24.7 Å². The number of anilines is 3. The molecule has 2 aromatic carbocycles. The number of nitrogens with one attached hydrogen (secondary N) is 2. The molecule has 0 radical (unpaired) electrons. The first-order valence-corrected chi connectivity index (χ1v) is 13.4. The summed E-state index contributed by atoms with van der Waals surface area (Å²) in [5.41, 5.74) is 9.56. The molecule has 0 spiro atoms. The minimum Gasteiger partial charge on any atom is -0.377 e. The fraction of sp³-hybridized carbons (Fsp3) is 0.226. The Labute approximate surface area is 231 Å². The number of aryl methyl sites for hydroxylation is 3. The number of para-hydroxylation sites is 1. The molecule has 0 unspecified atom stereocenters. The molecule has 0 bridgehead atoms. The second-order valence-corrected chi connectivity index (χ2v) is 10.3. The predicted molar refractivity (Wildman–Crippen MR) is 156 cm³/mol. The molecule has 0 fully saturated rings. The summed E-state index contributed by atoms with van der Waals surface area (Å²) in [4.78, 5) is 28.5. The Bertz CT molecular complexity index is 1810. The highest BCUT2D eigenvalue weighted by Crippen LogP contribution is 2.39. The van der Waals surface area contributed by atoms with Crippen LogP contribution in [0.25, 0.3) is 27.7 Å². The van der Waals surface area contributed by atoms with Crippen LogP contribution in [-0.4, -0.2) is 43.9 Å². The van der Waals surface area contributed by atoms with Crippen LogP contribution in [0.2, 0.25) is 0 Å². The molecular weight excluding hydrogens is 502 g/mol. The Balaban J connectivity index is 1.25. The minimum absolute atomic E-state index is 0.0250. The second kappa shape index (κ2) is 9.46. The number of aromatic amines is 1. The number of benzene rings is 2. The molecule has 2 N–H and O–H groups in total. The van der Waals surface area contributed by atoms with Gasteiger partial charge in [-0.1, -0.05) is 36.4 Å². The van der Waals surface area contributed by atoms with E-state index in [2.05, 4.69) is 44.7 Å². The smallest absolute Gasteiger partial charge is 0.259 e. The van der Waals surface area contributed by atoms with Crippen LogP contribution in [0.4, 0.5) is 17.5 Å². The Hall–Kier alpha value is -4.76. The monoisotopic (exact) mass is 531 g/mol. The van der Waals surface area contributed by atoms with Gasteiger partial charge in [-0.3, -0.25) is 9.48 Å². The summed E-state index contributed by atoms with van der Waals surface area (Å²) < 4.78 is 7.31. The van der Waals surface area contributed by atoms with E-state index in [0.29, 0.717) is 31.5 Å². The largest absolute Gasteiger partial charge is 0.377 e. The summed E-state index contributed by atoms with van der Waals surface area (Å²) in [7, 11) is 1.90. The highest BCUT2D eigenvalue weighted by Gasteiger charge is 2.33. The first-order chi connectivity index (χ1) is 19.5. The van der Waals surface area contributed by atoms with Crippen LogP contribution in [0.1, 0.15) is 39.2 Å². The van der Waals surface area contributed by atoms with Crippen LogP contribution in [-0.2, 0) is 18.3 Å². The lowest BCUT2D eigenvalue weighted by atomic mass is 9.94. The third kappa shape index (κ3) is 3.97. The fourth-order valence-electron chi connectivity index (χ4n) is 5.67. The zero-order chi connectivity index (χ0) is 27.4. The van der Waals surface area contributed by atoms with Crippen molar-refractivity contribution in [2.24, 2.45) is 7.05 Å². The molecule has 1 amide bonds. The van der Waals surface area contributed by atoms with Crippen molar-refractivity contribution in [2.75, 3.05) is 23.4 Å². The molecule has 0 aliphatic carbocycles. The lowest BCUT2D eigenvalue weighted by Crippen LogP contribution is -2.24. The van der Waals surface area contributed by atoms with Crippen molar-refractivity contribution < 1.29 is 9.53 Å². The third-order valence-corrected chi connectivity index (χ3v) is 7.81. The lowest BCUT2D eigenvalue weighted by molar-refractivity contribution is 0.0996. The molecule has 3 aromatic heterocycles. The van der Waals surface area contributed by atoms with Crippen LogP contribution in [0.5, 0.6) is 0 Å². The summed E-state index contributed by atoms with van der Waals surface area (Å²) in [6, 6.07) is 14.2. The average molecular weight is 532 g/mol. The van der Waals surface area contributed by atoms with Gasteiger partial charge in [-0.05, 0) is 48.6 Å². The summed E-state index contributed by atoms with van der Waals surface area (Å²) in [5, 5.41) is 8.67. The van der Waals surface area contributed by atoms with Crippen LogP contribution in [0, 0.1) is 13.8 Å². The van der Waals surface area contributed by atoms with E-state index in [1.807, 2.05) is 62.5 Å². The molecule has 0 saturated carbocycles. The molecule has 9 nitrogen and oxygen atoms in total. The van der Waals surface area contributed by atoms with Gasteiger partial charge in [0, 0.05) is 42.2 Å². The number of hydrogen-bond acceptors (Lipinski definition) is 6. The molecule has 2 aliphatic rings. The van der Waals surface area contributed by atoms with Gasteiger partial charge in [-0.25, -0.2) is 9.97 Å². The molecule has 9 heteroatoms. The Morgan fingerprint density at radius 3 is 2.77 bits per heavy atom. The molecule has 40 heavy (non-hydrogen) atoms. The Morgan fingerprint density at radius 2 is 1.98 bits per heavy atom. The van der Waals surface area contributed by atoms with Gasteiger partial charge in [0.2, 0.25) is 5.95 Å². The van der Waals surface area contributed by atoms with Crippen molar-refractivity contribution >= 4 is 39.8 Å². The first kappa shape index (κ1) is 24.3. The van der Waals surface area contributed by atoms with Crippen LogP contribution in [0.3, 0.4) is 0 Å². The summed E-state index contributed by atoms with van der Waals surface area (Å²) in [5.74, 6) is 1.19. The Kier molecular flexibility index (Phi) is 5.74. The van der Waals surface area contributed by atoms with E-state index < -0.39 is 0 Å². The molecule has 0 atom stereocenters. The van der Waals surface area contributed by atoms with Gasteiger partial charge in [0.15, 0.2) is 5.82 Å². The van der Waals surface area contributed by atoms with E-state index in [0.717, 1.165) is 62.2 Å². The molecular formula is C31H29N7O2. The molecule has 5 heterocycles. The van der Waals surface area contributed by atoms with E-state index in [-0.39, 0.29) is 5.91 Å². The number of carbonyl (C=O) groups is 1. The number of hydrogen-bond donors (Lipinski definition) is 2. The maximum Gasteiger partial charge on any atom is 0.259 e. The van der Waals surface area contributed by atoms with Gasteiger partial charge in [-0.15, -0.1) is 0 Å². The topological polar surface area (TPSA) is 101 Å². The van der Waals surface area contributed by atoms with Crippen molar-refractivity contribution in [1.29, 1.82) is 0 Å². The van der Waals surface area contributed by atoms with E-state index in [9.17, 15) is 4.79 Å². The zero-order valence-corrected chi connectivity index (χ0v) is 22.7. The molecule has 5 aromatic rings. The predicted octanol–water partition coefficient (Wildman–Crippen LogP) is 5.68. The molecule has 7 rings (SSSR count). The number of nitrogens with zero attached hydrogens (tertiary/aromatic N) is 5. The maximum atomic E-state index is 13.9. The molecule has 0 saturated heterocycles. The van der Waals surface area contributed by atoms with Crippen molar-refractivity contribution in [2.45, 2.75) is 26.8 Å². The fourth-order valence-corrected chi connectivity index (χ4v) is 5.67. The number of rotatable bonds is 5. The molecule has 2 aliphatic heterocycles. The highest BCUT2D eigenvalue weighted by atomic mass is 16.5. The summed E-state index contributed by atoms with van der Waals surface area (Å²) in [6.07, 6.45) is 6.68. The van der Waals surface area contributed by atoms with Crippen molar-refractivity contribution in [3.63, 3.8) is 0 Å². The lowest BCUT2D eigenvalue weighted by Gasteiger charge is -2.18. The minimum atomic E-state index is 0.0250. The van der Waals surface area contributed by atoms with Gasteiger partial charge in [0.25, 0.3) is 5.91 Å². The summed E-state index contributed by atoms with van der Waals surface area (Å²) >= 11 is 0. The number of ether oxygens (including phenoxy) is 1. The van der Waals surface area contributed by atoms with Crippen molar-refractivity contribution in [3.8, 4) is 11.3 Å². The average Bonchev–Trinajstić information content (AvgIpc) is 3.65. The maximum absolute atomic E-state index is 13.9. The third-order valence-electron chi connectivity index (χ3n) is 7.81. The number of aromatic nitrogens is 5. The number of fused-ring (bicyclic) bond motifs is 2. The van der Waals surface area contributed by atoms with Gasteiger partial charge < -0.3 is 19.9 Å². The first-order valence-electron chi connectivity index (χ1n) is 13.4. The summed E-state index contributed by atoms with van der Waals surface area (Å²) in [6.45, 7) is 5.79.